The number of halogens is 1. The standard InChI is InChI=1S/C14H19ClN2O4S/c1-3-4-7-16-14(18)13-9-17(22(2,19)20)11-8-10(15)5-6-12(11)21-13/h5-6,8,13H,3-4,7,9H2,1-2H3,(H,16,18)/t13-/m0/s1. The van der Waals surface area contributed by atoms with Crippen molar-refractivity contribution in [2.24, 2.45) is 0 Å². The summed E-state index contributed by atoms with van der Waals surface area (Å²) in [5, 5.41) is 3.16. The molecule has 22 heavy (non-hydrogen) atoms. The van der Waals surface area contributed by atoms with Crippen LogP contribution in [0.5, 0.6) is 5.75 Å². The van der Waals surface area contributed by atoms with Crippen molar-refractivity contribution in [3.8, 4) is 5.75 Å². The number of anilines is 1. The first kappa shape index (κ1) is 16.9. The molecule has 0 aromatic heterocycles. The summed E-state index contributed by atoms with van der Waals surface area (Å²) in [5.74, 6) is 0.0133. The maximum atomic E-state index is 12.1. The zero-order valence-electron chi connectivity index (χ0n) is 12.5. The van der Waals surface area contributed by atoms with Crippen molar-refractivity contribution >= 4 is 33.2 Å². The molecule has 1 atom stereocenters. The third kappa shape index (κ3) is 3.84. The molecule has 2 rings (SSSR count). The Hall–Kier alpha value is -1.47. The largest absolute Gasteiger partial charge is 0.476 e. The predicted molar refractivity (Wildman–Crippen MR) is 86.0 cm³/mol. The van der Waals surface area contributed by atoms with E-state index in [1.165, 1.54) is 6.07 Å². The highest BCUT2D eigenvalue weighted by Crippen LogP contribution is 2.36. The Bertz CT molecular complexity index is 663. The summed E-state index contributed by atoms with van der Waals surface area (Å²) < 4.78 is 30.8. The fraction of sp³-hybridized carbons (Fsp3) is 0.500. The van der Waals surface area contributed by atoms with Gasteiger partial charge in [0, 0.05) is 11.6 Å². The summed E-state index contributed by atoms with van der Waals surface area (Å²) in [6.07, 6.45) is 2.04. The number of fused-ring (bicyclic) bond motifs is 1. The first-order chi connectivity index (χ1) is 10.3. The molecule has 1 aromatic carbocycles. The van der Waals surface area contributed by atoms with Crippen LogP contribution in [0.4, 0.5) is 5.69 Å². The van der Waals surface area contributed by atoms with Crippen molar-refractivity contribution in [1.29, 1.82) is 0 Å². The molecule has 0 unspecified atom stereocenters. The van der Waals surface area contributed by atoms with E-state index in [2.05, 4.69) is 5.32 Å². The van der Waals surface area contributed by atoms with Gasteiger partial charge in [-0.15, -0.1) is 0 Å². The molecule has 1 N–H and O–H groups in total. The van der Waals surface area contributed by atoms with Crippen LogP contribution < -0.4 is 14.4 Å². The number of hydrogen-bond donors (Lipinski definition) is 1. The Balaban J connectivity index is 2.25. The van der Waals surface area contributed by atoms with Crippen LogP contribution in [0.2, 0.25) is 5.02 Å². The molecule has 1 amide bonds. The van der Waals surface area contributed by atoms with Crippen molar-refractivity contribution in [2.75, 3.05) is 23.7 Å². The molecule has 1 aliphatic heterocycles. The smallest absolute Gasteiger partial charge is 0.263 e. The average Bonchev–Trinajstić information content (AvgIpc) is 2.45. The highest BCUT2D eigenvalue weighted by atomic mass is 35.5. The van der Waals surface area contributed by atoms with Crippen LogP contribution >= 0.6 is 11.6 Å². The Morgan fingerprint density at radius 3 is 2.86 bits per heavy atom. The molecule has 0 bridgehead atoms. The number of sulfonamides is 1. The normalized spacial score (nSPS) is 17.6. The third-order valence-electron chi connectivity index (χ3n) is 3.31. The molecule has 0 saturated carbocycles. The van der Waals surface area contributed by atoms with Gasteiger partial charge in [0.25, 0.3) is 5.91 Å². The minimum atomic E-state index is -3.53. The summed E-state index contributed by atoms with van der Waals surface area (Å²) in [6, 6.07) is 4.68. The fourth-order valence-electron chi connectivity index (χ4n) is 2.18. The summed E-state index contributed by atoms with van der Waals surface area (Å²) in [4.78, 5) is 12.1. The van der Waals surface area contributed by atoms with Crippen molar-refractivity contribution < 1.29 is 17.9 Å². The van der Waals surface area contributed by atoms with E-state index in [-0.39, 0.29) is 12.5 Å². The molecular weight excluding hydrogens is 328 g/mol. The average molecular weight is 347 g/mol. The Morgan fingerprint density at radius 1 is 1.50 bits per heavy atom. The summed E-state index contributed by atoms with van der Waals surface area (Å²) in [5.41, 5.74) is 0.354. The number of nitrogens with one attached hydrogen (secondary N) is 1. The zero-order chi connectivity index (χ0) is 16.3. The topological polar surface area (TPSA) is 75.7 Å². The molecule has 0 spiro atoms. The highest BCUT2D eigenvalue weighted by molar-refractivity contribution is 7.92. The van der Waals surface area contributed by atoms with E-state index in [0.717, 1.165) is 23.4 Å². The second-order valence-electron chi connectivity index (χ2n) is 5.16. The van der Waals surface area contributed by atoms with E-state index in [9.17, 15) is 13.2 Å². The number of carbonyl (C=O) groups is 1. The van der Waals surface area contributed by atoms with Gasteiger partial charge in [-0.1, -0.05) is 24.9 Å². The van der Waals surface area contributed by atoms with E-state index >= 15 is 0 Å². The number of hydrogen-bond acceptors (Lipinski definition) is 4. The minimum Gasteiger partial charge on any atom is -0.476 e. The molecular formula is C14H19ClN2O4S. The Morgan fingerprint density at radius 2 is 2.23 bits per heavy atom. The molecule has 0 aliphatic carbocycles. The molecule has 122 valence electrons. The van der Waals surface area contributed by atoms with Crippen molar-refractivity contribution in [3.63, 3.8) is 0 Å². The first-order valence-electron chi connectivity index (χ1n) is 7.04. The molecule has 0 fully saturated rings. The van der Waals surface area contributed by atoms with E-state index in [1.807, 2.05) is 6.92 Å². The van der Waals surface area contributed by atoms with Crippen molar-refractivity contribution in [1.82, 2.24) is 5.32 Å². The Kier molecular flexibility index (Phi) is 5.18. The van der Waals surface area contributed by atoms with Gasteiger partial charge in [-0.3, -0.25) is 9.10 Å². The fourth-order valence-corrected chi connectivity index (χ4v) is 3.25. The highest BCUT2D eigenvalue weighted by Gasteiger charge is 2.34. The van der Waals surface area contributed by atoms with E-state index in [4.69, 9.17) is 16.3 Å². The summed E-state index contributed by atoms with van der Waals surface area (Å²) >= 11 is 5.92. The summed E-state index contributed by atoms with van der Waals surface area (Å²) in [6.45, 7) is 2.50. The quantitative estimate of drug-likeness (QED) is 0.825. The molecule has 0 radical (unpaired) electrons. The van der Waals surface area contributed by atoms with E-state index in [0.29, 0.717) is 23.0 Å². The van der Waals surface area contributed by atoms with Crippen LogP contribution in [0, 0.1) is 0 Å². The van der Waals surface area contributed by atoms with E-state index in [1.54, 1.807) is 12.1 Å². The zero-order valence-corrected chi connectivity index (χ0v) is 14.1. The first-order valence-corrected chi connectivity index (χ1v) is 9.27. The number of nitrogens with zero attached hydrogens (tertiary/aromatic N) is 1. The molecule has 0 saturated heterocycles. The lowest BCUT2D eigenvalue weighted by Gasteiger charge is -2.34. The second kappa shape index (κ2) is 6.75. The predicted octanol–water partition coefficient (Wildman–Crippen LogP) is 1.78. The van der Waals surface area contributed by atoms with Gasteiger partial charge in [-0.25, -0.2) is 8.42 Å². The molecule has 1 heterocycles. The number of benzene rings is 1. The van der Waals surface area contributed by atoms with Crippen LogP contribution in [-0.2, 0) is 14.8 Å². The van der Waals surface area contributed by atoms with Gasteiger partial charge in [-0.2, -0.15) is 0 Å². The number of rotatable bonds is 5. The van der Waals surface area contributed by atoms with Gasteiger partial charge in [0.05, 0.1) is 18.5 Å². The van der Waals surface area contributed by atoms with Gasteiger partial charge in [0.1, 0.15) is 5.75 Å². The lowest BCUT2D eigenvalue weighted by Crippen LogP contribution is -2.50. The van der Waals surface area contributed by atoms with Crippen LogP contribution in [0.15, 0.2) is 18.2 Å². The van der Waals surface area contributed by atoms with E-state index < -0.39 is 16.1 Å². The van der Waals surface area contributed by atoms with Gasteiger partial charge in [0.15, 0.2) is 6.10 Å². The van der Waals surface area contributed by atoms with Crippen molar-refractivity contribution in [2.45, 2.75) is 25.9 Å². The number of ether oxygens (including phenoxy) is 1. The lowest BCUT2D eigenvalue weighted by molar-refractivity contribution is -0.127. The number of amides is 1. The molecule has 1 aliphatic rings. The van der Waals surface area contributed by atoms with Gasteiger partial charge >= 0.3 is 0 Å². The minimum absolute atomic E-state index is 0.0653. The molecule has 8 heteroatoms. The van der Waals surface area contributed by atoms with Crippen molar-refractivity contribution in [3.05, 3.63) is 23.2 Å². The monoisotopic (exact) mass is 346 g/mol. The van der Waals surface area contributed by atoms with Crippen LogP contribution in [0.1, 0.15) is 19.8 Å². The van der Waals surface area contributed by atoms with Crippen LogP contribution in [0.3, 0.4) is 0 Å². The summed E-state index contributed by atoms with van der Waals surface area (Å²) in [7, 11) is -3.53. The maximum absolute atomic E-state index is 12.1. The third-order valence-corrected chi connectivity index (χ3v) is 4.69. The lowest BCUT2D eigenvalue weighted by atomic mass is 10.2. The van der Waals surface area contributed by atoms with Gasteiger partial charge in [-0.05, 0) is 24.6 Å². The maximum Gasteiger partial charge on any atom is 0.263 e. The SMILES string of the molecule is CCCCNC(=O)[C@@H]1CN(S(C)(=O)=O)c2cc(Cl)ccc2O1. The number of carbonyl (C=O) groups excluding carboxylic acids is 1. The number of unbranched alkanes of at least 4 members (excludes halogenated alkanes) is 1. The molecule has 6 nitrogen and oxygen atoms in total. The Labute approximate surface area is 135 Å². The van der Waals surface area contributed by atoms with Gasteiger partial charge in [0.2, 0.25) is 10.0 Å². The van der Waals surface area contributed by atoms with Gasteiger partial charge < -0.3 is 10.1 Å². The van der Waals surface area contributed by atoms with Crippen LogP contribution in [-0.4, -0.2) is 39.8 Å². The molecule has 1 aromatic rings. The second-order valence-corrected chi connectivity index (χ2v) is 7.50. The van der Waals surface area contributed by atoms with Crippen LogP contribution in [0.25, 0.3) is 0 Å².